The van der Waals surface area contributed by atoms with Crippen molar-refractivity contribution in [2.24, 2.45) is 17.3 Å². The average molecular weight is 248 g/mol. The Labute approximate surface area is 107 Å². The first-order valence-corrected chi connectivity index (χ1v) is 7.18. The van der Waals surface area contributed by atoms with Crippen molar-refractivity contribution in [3.05, 3.63) is 11.6 Å². The van der Waals surface area contributed by atoms with Crippen LogP contribution in [0.4, 0.5) is 0 Å². The lowest BCUT2D eigenvalue weighted by atomic mass is 9.59. The summed E-state index contributed by atoms with van der Waals surface area (Å²) in [6, 6.07) is 0. The smallest absolute Gasteiger partial charge is 0.309 e. The molecule has 3 aliphatic carbocycles. The third-order valence-corrected chi connectivity index (χ3v) is 5.70. The average Bonchev–Trinajstić information content (AvgIpc) is 2.98. The van der Waals surface area contributed by atoms with Crippen LogP contribution in [0.25, 0.3) is 0 Å². The molecule has 1 unspecified atom stereocenters. The topological polar surface area (TPSA) is 46.5 Å². The largest absolute Gasteiger partial charge is 0.459 e. The fourth-order valence-electron chi connectivity index (χ4n) is 5.03. The van der Waals surface area contributed by atoms with Gasteiger partial charge in [-0.05, 0) is 44.6 Å². The number of hydrogen-bond donors (Lipinski definition) is 1. The molecule has 0 amide bonds. The van der Waals surface area contributed by atoms with Crippen LogP contribution in [0.1, 0.15) is 45.4 Å². The molecule has 2 bridgehead atoms. The normalized spacial score (nSPS) is 48.2. The van der Waals surface area contributed by atoms with Crippen LogP contribution >= 0.6 is 0 Å². The molecular weight excluding hydrogens is 228 g/mol. The standard InChI is InChI=1S/C15H20O3/c1-14-8-11(16)10-5-3-2-4-9(13(17)18-14)12(14)15(10)6-7-15/h5,9,11-12,16H,2-4,6-8H2,1H3/t9-,11+,12?,14+/m1/s1. The summed E-state index contributed by atoms with van der Waals surface area (Å²) < 4.78 is 5.71. The van der Waals surface area contributed by atoms with Gasteiger partial charge < -0.3 is 9.84 Å². The van der Waals surface area contributed by atoms with Crippen LogP contribution in [0.5, 0.6) is 0 Å². The number of ether oxygens (including phenoxy) is 1. The van der Waals surface area contributed by atoms with E-state index in [0.717, 1.165) is 32.1 Å². The van der Waals surface area contributed by atoms with Gasteiger partial charge >= 0.3 is 5.97 Å². The SMILES string of the molecule is C[C@@]12C[C@H](O)C3=CCCC[C@@H](C(=O)O1)C2C31CC1. The zero-order valence-corrected chi connectivity index (χ0v) is 10.8. The number of hydrogen-bond acceptors (Lipinski definition) is 3. The Morgan fingerprint density at radius 2 is 2.22 bits per heavy atom. The fourth-order valence-corrected chi connectivity index (χ4v) is 5.03. The second-order valence-corrected chi connectivity index (χ2v) is 6.78. The van der Waals surface area contributed by atoms with E-state index in [1.54, 1.807) is 0 Å². The molecule has 3 fully saturated rings. The minimum atomic E-state index is -0.424. The van der Waals surface area contributed by atoms with E-state index in [1.807, 2.05) is 6.92 Å². The summed E-state index contributed by atoms with van der Waals surface area (Å²) in [7, 11) is 0. The third kappa shape index (κ3) is 1.16. The van der Waals surface area contributed by atoms with Gasteiger partial charge in [-0.3, -0.25) is 4.79 Å². The van der Waals surface area contributed by atoms with Gasteiger partial charge in [0.05, 0.1) is 12.0 Å². The zero-order valence-electron chi connectivity index (χ0n) is 10.8. The van der Waals surface area contributed by atoms with Crippen LogP contribution in [0.2, 0.25) is 0 Å². The predicted octanol–water partition coefficient (Wildman–Crippen LogP) is 2.19. The molecule has 3 heteroatoms. The molecule has 4 rings (SSSR count). The van der Waals surface area contributed by atoms with E-state index < -0.39 is 11.7 Å². The fraction of sp³-hybridized carbons (Fsp3) is 0.800. The van der Waals surface area contributed by atoms with Crippen molar-refractivity contribution in [2.45, 2.75) is 57.2 Å². The van der Waals surface area contributed by atoms with Crippen LogP contribution in [0, 0.1) is 17.3 Å². The highest BCUT2D eigenvalue weighted by Gasteiger charge is 2.70. The highest BCUT2D eigenvalue weighted by molar-refractivity contribution is 5.77. The van der Waals surface area contributed by atoms with E-state index in [-0.39, 0.29) is 17.3 Å². The van der Waals surface area contributed by atoms with Gasteiger partial charge in [0.2, 0.25) is 0 Å². The lowest BCUT2D eigenvalue weighted by Gasteiger charge is -2.46. The Kier molecular flexibility index (Phi) is 1.95. The highest BCUT2D eigenvalue weighted by Crippen LogP contribution is 2.70. The molecule has 98 valence electrons. The third-order valence-electron chi connectivity index (χ3n) is 5.70. The first kappa shape index (κ1) is 11.0. The van der Waals surface area contributed by atoms with Crippen LogP contribution in [0.3, 0.4) is 0 Å². The highest BCUT2D eigenvalue weighted by atomic mass is 16.6. The maximum Gasteiger partial charge on any atom is 0.309 e. The van der Waals surface area contributed by atoms with Crippen molar-refractivity contribution in [3.8, 4) is 0 Å². The number of carbonyl (C=O) groups excluding carboxylic acids is 1. The van der Waals surface area contributed by atoms with E-state index in [0.29, 0.717) is 12.3 Å². The zero-order chi connectivity index (χ0) is 12.5. The van der Waals surface area contributed by atoms with Crippen LogP contribution in [-0.4, -0.2) is 22.8 Å². The van der Waals surface area contributed by atoms with Crippen molar-refractivity contribution in [1.82, 2.24) is 0 Å². The Morgan fingerprint density at radius 1 is 1.44 bits per heavy atom. The molecule has 1 N–H and O–H groups in total. The van der Waals surface area contributed by atoms with Crippen molar-refractivity contribution < 1.29 is 14.6 Å². The van der Waals surface area contributed by atoms with E-state index in [4.69, 9.17) is 4.74 Å². The summed E-state index contributed by atoms with van der Waals surface area (Å²) in [5.41, 5.74) is 0.906. The minimum absolute atomic E-state index is 0.0101. The number of carbonyl (C=O) groups is 1. The van der Waals surface area contributed by atoms with Crippen LogP contribution in [-0.2, 0) is 9.53 Å². The number of aliphatic hydroxyl groups excluding tert-OH is 1. The summed E-state index contributed by atoms with van der Waals surface area (Å²) in [5, 5.41) is 10.4. The summed E-state index contributed by atoms with van der Waals surface area (Å²) >= 11 is 0. The van der Waals surface area contributed by atoms with Crippen LogP contribution < -0.4 is 0 Å². The second kappa shape index (κ2) is 3.19. The van der Waals surface area contributed by atoms with Crippen LogP contribution in [0.15, 0.2) is 11.6 Å². The second-order valence-electron chi connectivity index (χ2n) is 6.78. The lowest BCUT2D eigenvalue weighted by Crippen LogP contribution is -2.50. The number of rotatable bonds is 0. The van der Waals surface area contributed by atoms with Gasteiger partial charge in [-0.1, -0.05) is 6.08 Å². The number of esters is 1. The summed E-state index contributed by atoms with van der Waals surface area (Å²) in [5.74, 6) is 0.380. The molecule has 4 atom stereocenters. The molecule has 0 aromatic rings. The molecule has 1 aliphatic heterocycles. The van der Waals surface area contributed by atoms with Crippen molar-refractivity contribution in [1.29, 1.82) is 0 Å². The Bertz CT molecular complexity index is 449. The maximum absolute atomic E-state index is 12.2. The first-order chi connectivity index (χ1) is 8.57. The van der Waals surface area contributed by atoms with E-state index in [1.165, 1.54) is 5.57 Å². The number of allylic oxidation sites excluding steroid dienone is 1. The van der Waals surface area contributed by atoms with E-state index in [2.05, 4.69) is 6.08 Å². The molecule has 1 spiro atoms. The molecule has 1 heterocycles. The summed E-state index contributed by atoms with van der Waals surface area (Å²) in [6.07, 6.45) is 7.70. The van der Waals surface area contributed by atoms with Crippen molar-refractivity contribution >= 4 is 5.97 Å². The monoisotopic (exact) mass is 248 g/mol. The van der Waals surface area contributed by atoms with Gasteiger partial charge in [0.1, 0.15) is 5.60 Å². The van der Waals surface area contributed by atoms with Gasteiger partial charge in [-0.25, -0.2) is 0 Å². The molecular formula is C15H20O3. The quantitative estimate of drug-likeness (QED) is 0.528. The van der Waals surface area contributed by atoms with Gasteiger partial charge in [-0.15, -0.1) is 0 Å². The predicted molar refractivity (Wildman–Crippen MR) is 65.7 cm³/mol. The van der Waals surface area contributed by atoms with E-state index >= 15 is 0 Å². The van der Waals surface area contributed by atoms with Gasteiger partial charge in [0, 0.05) is 17.8 Å². The van der Waals surface area contributed by atoms with Gasteiger partial charge in [-0.2, -0.15) is 0 Å². The maximum atomic E-state index is 12.2. The van der Waals surface area contributed by atoms with Gasteiger partial charge in [0.15, 0.2) is 0 Å². The molecule has 0 radical (unpaired) electrons. The Hall–Kier alpha value is -0.830. The first-order valence-electron chi connectivity index (χ1n) is 7.18. The number of aliphatic hydroxyl groups is 1. The molecule has 0 aromatic carbocycles. The summed E-state index contributed by atoms with van der Waals surface area (Å²) in [6.45, 7) is 2.04. The molecule has 0 aromatic heterocycles. The Morgan fingerprint density at radius 3 is 2.94 bits per heavy atom. The molecule has 4 aliphatic rings. The summed E-state index contributed by atoms with van der Waals surface area (Å²) in [4.78, 5) is 12.2. The van der Waals surface area contributed by atoms with Crippen molar-refractivity contribution in [2.75, 3.05) is 0 Å². The Balaban J connectivity index is 1.89. The van der Waals surface area contributed by atoms with Gasteiger partial charge in [0.25, 0.3) is 0 Å². The molecule has 2 saturated carbocycles. The molecule has 1 saturated heterocycles. The van der Waals surface area contributed by atoms with Crippen molar-refractivity contribution in [3.63, 3.8) is 0 Å². The molecule has 3 nitrogen and oxygen atoms in total. The molecule has 18 heavy (non-hydrogen) atoms. The minimum Gasteiger partial charge on any atom is -0.459 e. The lowest BCUT2D eigenvalue weighted by molar-refractivity contribution is -0.153. The van der Waals surface area contributed by atoms with E-state index in [9.17, 15) is 9.90 Å².